The number of fused-ring (bicyclic) bond motifs is 3. The highest BCUT2D eigenvalue weighted by molar-refractivity contribution is 5.83. The first-order valence-electron chi connectivity index (χ1n) is 8.12. The molecule has 2 aromatic rings. The zero-order chi connectivity index (χ0) is 15.7. The Labute approximate surface area is 135 Å². The van der Waals surface area contributed by atoms with Crippen molar-refractivity contribution in [1.82, 2.24) is 4.90 Å². The lowest BCUT2D eigenvalue weighted by Crippen LogP contribution is -2.35. The summed E-state index contributed by atoms with van der Waals surface area (Å²) in [6, 6.07) is 6.61. The van der Waals surface area contributed by atoms with Gasteiger partial charge in [-0.05, 0) is 66.8 Å². The Morgan fingerprint density at radius 2 is 1.91 bits per heavy atom. The highest BCUT2D eigenvalue weighted by atomic mass is 16.7. The summed E-state index contributed by atoms with van der Waals surface area (Å²) in [6.07, 6.45) is 1.99. The fourth-order valence-electron chi connectivity index (χ4n) is 4.28. The molecule has 1 atom stereocenters. The molecule has 0 radical (unpaired) electrons. The number of hydrogen-bond acceptors (Lipinski definition) is 4. The zero-order valence-corrected chi connectivity index (χ0v) is 13.3. The number of aryl methyl sites for hydroxylation is 1. The molecule has 1 aliphatic carbocycles. The first-order chi connectivity index (χ1) is 11.1. The van der Waals surface area contributed by atoms with Crippen molar-refractivity contribution in [2.45, 2.75) is 25.8 Å². The number of aromatic hydroxyl groups is 1. The van der Waals surface area contributed by atoms with Gasteiger partial charge >= 0.3 is 0 Å². The van der Waals surface area contributed by atoms with Crippen LogP contribution in [0.1, 0.15) is 28.3 Å². The number of nitrogens with zero attached hydrogens (tertiary/aromatic N) is 1. The van der Waals surface area contributed by atoms with E-state index in [1.54, 1.807) is 0 Å². The fourth-order valence-corrected chi connectivity index (χ4v) is 4.28. The fraction of sp³-hybridized carbons (Fsp3) is 0.368. The predicted octanol–water partition coefficient (Wildman–Crippen LogP) is 3.18. The number of phenolic OH excluding ortho intramolecular Hbond substituents is 1. The number of likely N-dealkylation sites (N-methyl/N-ethyl adjacent to an activating group) is 1. The molecule has 0 aromatic heterocycles. The van der Waals surface area contributed by atoms with E-state index in [-0.39, 0.29) is 6.79 Å². The number of phenols is 1. The number of rotatable bonds is 0. The van der Waals surface area contributed by atoms with Gasteiger partial charge in [-0.3, -0.25) is 4.90 Å². The summed E-state index contributed by atoms with van der Waals surface area (Å²) in [5.74, 6) is 2.00. The second-order valence-corrected chi connectivity index (χ2v) is 6.80. The van der Waals surface area contributed by atoms with Crippen molar-refractivity contribution in [3.8, 4) is 28.4 Å². The molecule has 0 unspecified atom stereocenters. The van der Waals surface area contributed by atoms with Crippen LogP contribution in [0.2, 0.25) is 0 Å². The van der Waals surface area contributed by atoms with Crippen LogP contribution >= 0.6 is 0 Å². The van der Waals surface area contributed by atoms with Gasteiger partial charge in [0.25, 0.3) is 0 Å². The normalized spacial score (nSPS) is 21.0. The molecule has 2 aliphatic heterocycles. The quantitative estimate of drug-likeness (QED) is 0.811. The third-order valence-corrected chi connectivity index (χ3v) is 5.50. The average Bonchev–Trinajstić information content (AvgIpc) is 2.99. The van der Waals surface area contributed by atoms with Crippen LogP contribution in [0.3, 0.4) is 0 Å². The second-order valence-electron chi connectivity index (χ2n) is 6.80. The summed E-state index contributed by atoms with van der Waals surface area (Å²) in [7, 11) is 2.17. The first-order valence-corrected chi connectivity index (χ1v) is 8.12. The number of hydrogen-bond donors (Lipinski definition) is 1. The van der Waals surface area contributed by atoms with Crippen LogP contribution in [0, 0.1) is 6.92 Å². The van der Waals surface area contributed by atoms with E-state index in [4.69, 9.17) is 9.47 Å². The predicted molar refractivity (Wildman–Crippen MR) is 87.2 cm³/mol. The summed E-state index contributed by atoms with van der Waals surface area (Å²) < 4.78 is 11.1. The molecule has 2 heterocycles. The van der Waals surface area contributed by atoms with E-state index in [0.717, 1.165) is 47.6 Å². The molecule has 5 rings (SSSR count). The Kier molecular flexibility index (Phi) is 2.55. The highest BCUT2D eigenvalue weighted by Crippen LogP contribution is 2.52. The molecule has 0 bridgehead atoms. The molecule has 0 amide bonds. The molecule has 0 saturated carbocycles. The highest BCUT2D eigenvalue weighted by Gasteiger charge is 2.36. The molecular formula is C19H19NO3. The summed E-state index contributed by atoms with van der Waals surface area (Å²) in [5, 5.41) is 10.8. The van der Waals surface area contributed by atoms with Crippen molar-refractivity contribution in [3.63, 3.8) is 0 Å². The molecule has 2 aromatic carbocycles. The Morgan fingerprint density at radius 3 is 2.74 bits per heavy atom. The summed E-state index contributed by atoms with van der Waals surface area (Å²) in [5.41, 5.74) is 6.95. The molecule has 0 saturated heterocycles. The molecule has 3 aliphatic rings. The van der Waals surface area contributed by atoms with Crippen molar-refractivity contribution < 1.29 is 14.6 Å². The minimum atomic E-state index is 0.277. The van der Waals surface area contributed by atoms with Gasteiger partial charge in [0.2, 0.25) is 6.79 Å². The van der Waals surface area contributed by atoms with Crippen molar-refractivity contribution in [2.75, 3.05) is 20.4 Å². The van der Waals surface area contributed by atoms with Crippen LogP contribution in [0.5, 0.6) is 17.2 Å². The van der Waals surface area contributed by atoms with Crippen LogP contribution in [-0.2, 0) is 12.8 Å². The Bertz CT molecular complexity index is 843. The third-order valence-electron chi connectivity index (χ3n) is 5.50. The van der Waals surface area contributed by atoms with E-state index < -0.39 is 0 Å². The van der Waals surface area contributed by atoms with Gasteiger partial charge in [0, 0.05) is 18.2 Å². The van der Waals surface area contributed by atoms with Gasteiger partial charge in [0.15, 0.2) is 11.5 Å². The number of ether oxygens (including phenoxy) is 2. The molecule has 0 spiro atoms. The van der Waals surface area contributed by atoms with Crippen molar-refractivity contribution in [1.29, 1.82) is 0 Å². The standard InChI is InChI=1S/C19H19NO3/c1-10-5-11-3-4-20(2)14-6-12-7-15-16(23-9-22-15)8-13(12)18(17(11)14)19(10)21/h5,7-8,14,21H,3-4,6,9H2,1-2H3/t14-/m0/s1. The molecule has 4 heteroatoms. The third kappa shape index (κ3) is 1.70. The molecule has 1 N–H and O–H groups in total. The van der Waals surface area contributed by atoms with Crippen LogP contribution in [0.4, 0.5) is 0 Å². The van der Waals surface area contributed by atoms with E-state index in [1.165, 1.54) is 16.7 Å². The van der Waals surface area contributed by atoms with Gasteiger partial charge in [-0.25, -0.2) is 0 Å². The lowest BCUT2D eigenvalue weighted by Gasteiger charge is -2.40. The topological polar surface area (TPSA) is 41.9 Å². The van der Waals surface area contributed by atoms with E-state index in [9.17, 15) is 5.11 Å². The van der Waals surface area contributed by atoms with Gasteiger partial charge in [0.05, 0.1) is 0 Å². The van der Waals surface area contributed by atoms with E-state index in [2.05, 4.69) is 24.1 Å². The van der Waals surface area contributed by atoms with Crippen LogP contribution in [-0.4, -0.2) is 30.4 Å². The minimum Gasteiger partial charge on any atom is -0.507 e. The Morgan fingerprint density at radius 1 is 1.13 bits per heavy atom. The van der Waals surface area contributed by atoms with E-state index in [1.807, 2.05) is 13.0 Å². The number of benzene rings is 2. The van der Waals surface area contributed by atoms with Gasteiger partial charge in [-0.2, -0.15) is 0 Å². The van der Waals surface area contributed by atoms with Crippen LogP contribution in [0.25, 0.3) is 11.1 Å². The Balaban J connectivity index is 1.85. The largest absolute Gasteiger partial charge is 0.507 e. The monoisotopic (exact) mass is 309 g/mol. The molecule has 0 fully saturated rings. The average molecular weight is 309 g/mol. The van der Waals surface area contributed by atoms with Gasteiger partial charge < -0.3 is 14.6 Å². The maximum absolute atomic E-state index is 10.8. The second kappa shape index (κ2) is 4.42. The SMILES string of the molecule is Cc1cc2c3c(c1O)-c1cc4c(cc1C[C@@H]3N(C)CC2)OCO4. The lowest BCUT2D eigenvalue weighted by atomic mass is 9.76. The minimum absolute atomic E-state index is 0.277. The summed E-state index contributed by atoms with van der Waals surface area (Å²) in [6.45, 7) is 3.32. The van der Waals surface area contributed by atoms with Crippen molar-refractivity contribution in [2.24, 2.45) is 0 Å². The summed E-state index contributed by atoms with van der Waals surface area (Å²) >= 11 is 0. The van der Waals surface area contributed by atoms with Crippen molar-refractivity contribution in [3.05, 3.63) is 40.5 Å². The van der Waals surface area contributed by atoms with Gasteiger partial charge in [-0.1, -0.05) is 6.07 Å². The maximum atomic E-state index is 10.8. The van der Waals surface area contributed by atoms with Gasteiger partial charge in [-0.15, -0.1) is 0 Å². The van der Waals surface area contributed by atoms with Gasteiger partial charge in [0.1, 0.15) is 5.75 Å². The molecule has 4 nitrogen and oxygen atoms in total. The van der Waals surface area contributed by atoms with Crippen LogP contribution in [0.15, 0.2) is 18.2 Å². The zero-order valence-electron chi connectivity index (χ0n) is 13.3. The van der Waals surface area contributed by atoms with E-state index in [0.29, 0.717) is 11.8 Å². The maximum Gasteiger partial charge on any atom is 0.231 e. The Hall–Kier alpha value is -2.20. The van der Waals surface area contributed by atoms with E-state index >= 15 is 0 Å². The van der Waals surface area contributed by atoms with Crippen molar-refractivity contribution >= 4 is 0 Å². The summed E-state index contributed by atoms with van der Waals surface area (Å²) in [4.78, 5) is 2.40. The molecule has 118 valence electrons. The lowest BCUT2D eigenvalue weighted by molar-refractivity contribution is 0.174. The molecular weight excluding hydrogens is 290 g/mol. The first kappa shape index (κ1) is 13.3. The van der Waals surface area contributed by atoms with Crippen LogP contribution < -0.4 is 9.47 Å². The smallest absolute Gasteiger partial charge is 0.231 e. The molecule has 23 heavy (non-hydrogen) atoms.